The van der Waals surface area contributed by atoms with Crippen molar-refractivity contribution in [3.8, 4) is 5.69 Å². The molecule has 0 bridgehead atoms. The number of tetrazole rings is 1. The minimum atomic E-state index is -0.220. The van der Waals surface area contributed by atoms with Crippen molar-refractivity contribution >= 4 is 11.7 Å². The number of aryl methyl sites for hydroxylation is 1. The molecule has 1 heterocycles. The molecular weight excluding hydrogens is 294 g/mol. The number of anilines is 1. The molecular formula is C15H23N7O. The molecule has 2 N–H and O–H groups in total. The predicted octanol–water partition coefficient (Wildman–Crippen LogP) is 1.43. The predicted molar refractivity (Wildman–Crippen MR) is 88.7 cm³/mol. The van der Waals surface area contributed by atoms with Crippen LogP contribution < -0.4 is 10.6 Å². The number of aromatic nitrogens is 4. The third-order valence-corrected chi connectivity index (χ3v) is 3.58. The number of amides is 2. The number of rotatable bonds is 7. The number of hydrogen-bond donors (Lipinski definition) is 2. The molecule has 124 valence electrons. The number of benzene rings is 1. The monoisotopic (exact) mass is 317 g/mol. The molecule has 0 fully saturated rings. The summed E-state index contributed by atoms with van der Waals surface area (Å²) in [5, 5.41) is 17.1. The van der Waals surface area contributed by atoms with Crippen molar-refractivity contribution in [3.05, 3.63) is 30.1 Å². The summed E-state index contributed by atoms with van der Waals surface area (Å²) in [6, 6.07) is 7.16. The lowest BCUT2D eigenvalue weighted by molar-refractivity contribution is 0.248. The van der Waals surface area contributed by atoms with Gasteiger partial charge in [0.05, 0.1) is 5.69 Å². The molecule has 2 amide bonds. The molecule has 8 nitrogen and oxygen atoms in total. The average Bonchev–Trinajstić information content (AvgIpc) is 2.98. The maximum absolute atomic E-state index is 11.9. The van der Waals surface area contributed by atoms with E-state index in [9.17, 15) is 4.79 Å². The summed E-state index contributed by atoms with van der Waals surface area (Å²) in [4.78, 5) is 14.2. The lowest BCUT2D eigenvalue weighted by Crippen LogP contribution is -2.36. The SMILES string of the molecule is CCN(CC)CCNC(=O)Nc1cccc(-n2nnnc2C)c1. The lowest BCUT2D eigenvalue weighted by atomic mass is 10.3. The number of likely N-dealkylation sites (N-methyl/N-ethyl adjacent to an activating group) is 1. The third-order valence-electron chi connectivity index (χ3n) is 3.58. The molecule has 0 aliphatic carbocycles. The van der Waals surface area contributed by atoms with Crippen molar-refractivity contribution in [2.75, 3.05) is 31.5 Å². The molecule has 1 aromatic carbocycles. The largest absolute Gasteiger partial charge is 0.337 e. The van der Waals surface area contributed by atoms with Crippen LogP contribution in [0.25, 0.3) is 5.69 Å². The van der Waals surface area contributed by atoms with Gasteiger partial charge in [0.2, 0.25) is 0 Å². The van der Waals surface area contributed by atoms with Gasteiger partial charge in [0.25, 0.3) is 0 Å². The summed E-state index contributed by atoms with van der Waals surface area (Å²) < 4.78 is 1.61. The first-order valence-electron chi connectivity index (χ1n) is 7.76. The minimum absolute atomic E-state index is 0.220. The summed E-state index contributed by atoms with van der Waals surface area (Å²) in [6.07, 6.45) is 0. The van der Waals surface area contributed by atoms with Crippen LogP contribution in [-0.2, 0) is 0 Å². The van der Waals surface area contributed by atoms with Gasteiger partial charge in [0, 0.05) is 18.8 Å². The van der Waals surface area contributed by atoms with E-state index in [-0.39, 0.29) is 6.03 Å². The number of nitrogens with zero attached hydrogens (tertiary/aromatic N) is 5. The topological polar surface area (TPSA) is 88.0 Å². The first kappa shape index (κ1) is 16.9. The fourth-order valence-corrected chi connectivity index (χ4v) is 2.23. The molecule has 8 heteroatoms. The Kier molecular flexibility index (Phi) is 6.04. The van der Waals surface area contributed by atoms with Crippen molar-refractivity contribution in [2.45, 2.75) is 20.8 Å². The maximum Gasteiger partial charge on any atom is 0.319 e. The molecule has 0 radical (unpaired) electrons. The van der Waals surface area contributed by atoms with Gasteiger partial charge in [-0.3, -0.25) is 0 Å². The Labute approximate surface area is 135 Å². The number of hydrogen-bond acceptors (Lipinski definition) is 5. The van der Waals surface area contributed by atoms with E-state index in [1.165, 1.54) is 0 Å². The average molecular weight is 317 g/mol. The van der Waals surface area contributed by atoms with Gasteiger partial charge in [-0.2, -0.15) is 4.68 Å². The van der Waals surface area contributed by atoms with Gasteiger partial charge >= 0.3 is 6.03 Å². The van der Waals surface area contributed by atoms with Crippen LogP contribution in [0.15, 0.2) is 24.3 Å². The van der Waals surface area contributed by atoms with Gasteiger partial charge in [0.15, 0.2) is 5.82 Å². The second kappa shape index (κ2) is 8.23. The van der Waals surface area contributed by atoms with E-state index in [4.69, 9.17) is 0 Å². The van der Waals surface area contributed by atoms with Gasteiger partial charge < -0.3 is 15.5 Å². The molecule has 0 atom stereocenters. The summed E-state index contributed by atoms with van der Waals surface area (Å²) in [7, 11) is 0. The van der Waals surface area contributed by atoms with Gasteiger partial charge in [-0.15, -0.1) is 5.10 Å². The van der Waals surface area contributed by atoms with Crippen LogP contribution in [0, 0.1) is 6.92 Å². The number of urea groups is 1. The highest BCUT2D eigenvalue weighted by Crippen LogP contribution is 2.14. The standard InChI is InChI=1S/C15H23N7O/c1-4-21(5-2)10-9-16-15(23)17-13-7-6-8-14(11-13)22-12(3)18-19-20-22/h6-8,11H,4-5,9-10H2,1-3H3,(H2,16,17,23). The van der Waals surface area contributed by atoms with E-state index in [2.05, 4.69) is 44.9 Å². The quantitative estimate of drug-likeness (QED) is 0.806. The zero-order valence-electron chi connectivity index (χ0n) is 13.8. The molecule has 0 aliphatic heterocycles. The summed E-state index contributed by atoms with van der Waals surface area (Å²) in [6.45, 7) is 9.44. The summed E-state index contributed by atoms with van der Waals surface area (Å²) >= 11 is 0. The first-order valence-corrected chi connectivity index (χ1v) is 7.76. The molecule has 0 spiro atoms. The molecule has 23 heavy (non-hydrogen) atoms. The Hall–Kier alpha value is -2.48. The normalized spacial score (nSPS) is 10.8. The molecule has 0 saturated carbocycles. The minimum Gasteiger partial charge on any atom is -0.337 e. The third kappa shape index (κ3) is 4.75. The lowest BCUT2D eigenvalue weighted by Gasteiger charge is -2.18. The highest BCUT2D eigenvalue weighted by atomic mass is 16.2. The Morgan fingerprint density at radius 1 is 1.30 bits per heavy atom. The summed E-state index contributed by atoms with van der Waals surface area (Å²) in [5.41, 5.74) is 1.49. The second-order valence-electron chi connectivity index (χ2n) is 5.10. The molecule has 0 aliphatic rings. The first-order chi connectivity index (χ1) is 11.1. The van der Waals surface area contributed by atoms with E-state index in [0.717, 1.165) is 25.3 Å². The molecule has 0 unspecified atom stereocenters. The summed E-state index contributed by atoms with van der Waals surface area (Å²) in [5.74, 6) is 0.686. The van der Waals surface area contributed by atoms with E-state index >= 15 is 0 Å². The number of nitrogens with one attached hydrogen (secondary N) is 2. The van der Waals surface area contributed by atoms with Crippen molar-refractivity contribution in [3.63, 3.8) is 0 Å². The van der Waals surface area contributed by atoms with Crippen molar-refractivity contribution in [2.24, 2.45) is 0 Å². The molecule has 2 rings (SSSR count). The fourth-order valence-electron chi connectivity index (χ4n) is 2.23. The van der Waals surface area contributed by atoms with Gasteiger partial charge in [-0.05, 0) is 48.6 Å². The zero-order valence-corrected chi connectivity index (χ0v) is 13.8. The van der Waals surface area contributed by atoms with Gasteiger partial charge in [0.1, 0.15) is 0 Å². The Bertz CT molecular complexity index is 636. The number of carbonyl (C=O) groups excluding carboxylic acids is 1. The van der Waals surface area contributed by atoms with Gasteiger partial charge in [-0.25, -0.2) is 4.79 Å². The van der Waals surface area contributed by atoms with Crippen molar-refractivity contribution < 1.29 is 4.79 Å². The van der Waals surface area contributed by atoms with Crippen LogP contribution in [0.3, 0.4) is 0 Å². The Balaban J connectivity index is 1.90. The Morgan fingerprint density at radius 2 is 2.09 bits per heavy atom. The maximum atomic E-state index is 11.9. The number of carbonyl (C=O) groups is 1. The smallest absolute Gasteiger partial charge is 0.319 e. The molecule has 1 aromatic heterocycles. The molecule has 2 aromatic rings. The van der Waals surface area contributed by atoms with Crippen LogP contribution in [0.1, 0.15) is 19.7 Å². The van der Waals surface area contributed by atoms with E-state index in [1.807, 2.05) is 31.2 Å². The fraction of sp³-hybridized carbons (Fsp3) is 0.467. The van der Waals surface area contributed by atoms with E-state index < -0.39 is 0 Å². The van der Waals surface area contributed by atoms with Crippen LogP contribution in [0.4, 0.5) is 10.5 Å². The Morgan fingerprint density at radius 3 is 2.74 bits per heavy atom. The van der Waals surface area contributed by atoms with E-state index in [1.54, 1.807) is 4.68 Å². The van der Waals surface area contributed by atoms with Crippen LogP contribution in [0.2, 0.25) is 0 Å². The van der Waals surface area contributed by atoms with E-state index in [0.29, 0.717) is 18.1 Å². The second-order valence-corrected chi connectivity index (χ2v) is 5.10. The van der Waals surface area contributed by atoms with Crippen LogP contribution in [-0.4, -0.2) is 57.3 Å². The highest BCUT2D eigenvalue weighted by Gasteiger charge is 2.06. The zero-order chi connectivity index (χ0) is 16.7. The van der Waals surface area contributed by atoms with Crippen molar-refractivity contribution in [1.29, 1.82) is 0 Å². The highest BCUT2D eigenvalue weighted by molar-refractivity contribution is 5.89. The molecule has 0 saturated heterocycles. The van der Waals surface area contributed by atoms with Crippen molar-refractivity contribution in [1.82, 2.24) is 30.4 Å². The van der Waals surface area contributed by atoms with Crippen LogP contribution in [0.5, 0.6) is 0 Å². The van der Waals surface area contributed by atoms with Gasteiger partial charge in [-0.1, -0.05) is 19.9 Å². The van der Waals surface area contributed by atoms with Crippen LogP contribution >= 0.6 is 0 Å².